The number of pyridine rings is 1. The van der Waals surface area contributed by atoms with Crippen molar-refractivity contribution in [1.29, 1.82) is 0 Å². The van der Waals surface area contributed by atoms with Crippen LogP contribution in [0, 0.1) is 0 Å². The SMILES string of the molecule is CCOc1nc(-c2ccnc(NC(=O)CCc3ccccc3)c2)sc1-c1nnc[nH]1. The lowest BCUT2D eigenvalue weighted by Crippen LogP contribution is -2.13. The zero-order chi connectivity index (χ0) is 20.8. The molecular formula is C21H20N6O2S. The normalized spacial score (nSPS) is 10.7. The Morgan fingerprint density at radius 3 is 2.87 bits per heavy atom. The third-order valence-corrected chi connectivity index (χ3v) is 5.36. The molecule has 3 aromatic heterocycles. The summed E-state index contributed by atoms with van der Waals surface area (Å²) in [6, 6.07) is 13.6. The number of carbonyl (C=O) groups is 1. The number of aromatic amines is 1. The maximum absolute atomic E-state index is 12.3. The summed E-state index contributed by atoms with van der Waals surface area (Å²) >= 11 is 1.44. The highest BCUT2D eigenvalue weighted by atomic mass is 32.1. The molecule has 4 aromatic rings. The van der Waals surface area contributed by atoms with Crippen LogP contribution in [0.25, 0.3) is 21.3 Å². The van der Waals surface area contributed by atoms with Crippen molar-refractivity contribution < 1.29 is 9.53 Å². The number of hydrogen-bond donors (Lipinski definition) is 2. The molecule has 0 bridgehead atoms. The van der Waals surface area contributed by atoms with Crippen molar-refractivity contribution in [3.8, 4) is 27.2 Å². The molecule has 0 atom stereocenters. The number of hydrogen-bond acceptors (Lipinski definition) is 7. The van der Waals surface area contributed by atoms with Crippen LogP contribution < -0.4 is 10.1 Å². The van der Waals surface area contributed by atoms with Crippen LogP contribution in [-0.4, -0.2) is 37.7 Å². The first-order valence-electron chi connectivity index (χ1n) is 9.53. The van der Waals surface area contributed by atoms with E-state index in [1.54, 1.807) is 12.3 Å². The maximum Gasteiger partial charge on any atom is 0.236 e. The van der Waals surface area contributed by atoms with E-state index in [4.69, 9.17) is 4.74 Å². The number of nitrogens with one attached hydrogen (secondary N) is 2. The average Bonchev–Trinajstić information content (AvgIpc) is 3.43. The van der Waals surface area contributed by atoms with Crippen LogP contribution >= 0.6 is 11.3 Å². The predicted octanol–water partition coefficient (Wildman–Crippen LogP) is 3.96. The van der Waals surface area contributed by atoms with Gasteiger partial charge in [-0.1, -0.05) is 30.3 Å². The second kappa shape index (κ2) is 9.27. The van der Waals surface area contributed by atoms with E-state index in [0.717, 1.165) is 21.0 Å². The fourth-order valence-corrected chi connectivity index (χ4v) is 3.83. The second-order valence-electron chi connectivity index (χ2n) is 6.39. The minimum absolute atomic E-state index is 0.0833. The highest BCUT2D eigenvalue weighted by Crippen LogP contribution is 2.38. The van der Waals surface area contributed by atoms with Crippen molar-refractivity contribution in [2.45, 2.75) is 19.8 Å². The molecular weight excluding hydrogens is 400 g/mol. The summed E-state index contributed by atoms with van der Waals surface area (Å²) < 4.78 is 5.66. The molecule has 0 aliphatic carbocycles. The summed E-state index contributed by atoms with van der Waals surface area (Å²) in [6.07, 6.45) is 4.23. The molecule has 0 radical (unpaired) electrons. The molecule has 9 heteroatoms. The molecule has 4 rings (SSSR count). The Morgan fingerprint density at radius 1 is 1.23 bits per heavy atom. The number of thiazole rings is 1. The lowest BCUT2D eigenvalue weighted by atomic mass is 10.1. The van der Waals surface area contributed by atoms with Crippen molar-refractivity contribution in [2.75, 3.05) is 11.9 Å². The zero-order valence-corrected chi connectivity index (χ0v) is 17.1. The Hall–Kier alpha value is -3.59. The molecule has 1 aromatic carbocycles. The summed E-state index contributed by atoms with van der Waals surface area (Å²) in [7, 11) is 0. The van der Waals surface area contributed by atoms with Crippen molar-refractivity contribution >= 4 is 23.1 Å². The lowest BCUT2D eigenvalue weighted by molar-refractivity contribution is -0.116. The number of amides is 1. The Bertz CT molecular complexity index is 1110. The Morgan fingerprint density at radius 2 is 2.10 bits per heavy atom. The van der Waals surface area contributed by atoms with E-state index in [1.807, 2.05) is 43.3 Å². The number of carbonyl (C=O) groups excluding carboxylic acids is 1. The third kappa shape index (κ3) is 4.69. The van der Waals surface area contributed by atoms with Crippen molar-refractivity contribution in [1.82, 2.24) is 25.1 Å². The molecule has 152 valence electrons. The third-order valence-electron chi connectivity index (χ3n) is 4.27. The van der Waals surface area contributed by atoms with Gasteiger partial charge in [0.1, 0.15) is 22.0 Å². The Labute approximate surface area is 177 Å². The van der Waals surface area contributed by atoms with Crippen LogP contribution in [-0.2, 0) is 11.2 Å². The van der Waals surface area contributed by atoms with E-state index in [2.05, 4.69) is 30.5 Å². The van der Waals surface area contributed by atoms with Gasteiger partial charge in [-0.2, -0.15) is 0 Å². The largest absolute Gasteiger partial charge is 0.477 e. The van der Waals surface area contributed by atoms with Crippen LogP contribution in [0.4, 0.5) is 5.82 Å². The summed E-state index contributed by atoms with van der Waals surface area (Å²) in [5.74, 6) is 1.50. The molecule has 3 heterocycles. The van der Waals surface area contributed by atoms with Crippen LogP contribution in [0.15, 0.2) is 55.0 Å². The highest BCUT2D eigenvalue weighted by Gasteiger charge is 2.18. The number of aryl methyl sites for hydroxylation is 1. The molecule has 2 N–H and O–H groups in total. The van der Waals surface area contributed by atoms with Gasteiger partial charge < -0.3 is 15.0 Å². The first-order chi connectivity index (χ1) is 14.7. The Balaban J connectivity index is 1.49. The monoisotopic (exact) mass is 420 g/mol. The van der Waals surface area contributed by atoms with Crippen LogP contribution in [0.5, 0.6) is 5.88 Å². The van der Waals surface area contributed by atoms with Gasteiger partial charge in [0.05, 0.1) is 6.61 Å². The second-order valence-corrected chi connectivity index (χ2v) is 7.39. The zero-order valence-electron chi connectivity index (χ0n) is 16.3. The molecule has 0 unspecified atom stereocenters. The quantitative estimate of drug-likeness (QED) is 0.447. The standard InChI is InChI=1S/C21H20N6O2S/c1-2-29-20-18(19-23-13-24-27-19)30-21(26-20)15-10-11-22-16(12-15)25-17(28)9-8-14-6-4-3-5-7-14/h3-7,10-13H,2,8-9H2,1H3,(H,22,25,28)(H,23,24,27). The van der Waals surface area contributed by atoms with E-state index < -0.39 is 0 Å². The van der Waals surface area contributed by atoms with Crippen LogP contribution in [0.2, 0.25) is 0 Å². The van der Waals surface area contributed by atoms with Gasteiger partial charge in [0.2, 0.25) is 11.8 Å². The van der Waals surface area contributed by atoms with Crippen molar-refractivity contribution in [3.05, 3.63) is 60.6 Å². The number of ether oxygens (including phenoxy) is 1. The fourth-order valence-electron chi connectivity index (χ4n) is 2.87. The van der Waals surface area contributed by atoms with E-state index in [-0.39, 0.29) is 5.91 Å². The minimum Gasteiger partial charge on any atom is -0.477 e. The summed E-state index contributed by atoms with van der Waals surface area (Å²) in [6.45, 7) is 2.39. The molecule has 0 saturated carbocycles. The average molecular weight is 420 g/mol. The van der Waals surface area contributed by atoms with E-state index in [1.165, 1.54) is 17.7 Å². The lowest BCUT2D eigenvalue weighted by Gasteiger charge is -2.06. The smallest absolute Gasteiger partial charge is 0.236 e. The topological polar surface area (TPSA) is 106 Å². The molecule has 0 saturated heterocycles. The molecule has 0 spiro atoms. The van der Waals surface area contributed by atoms with Gasteiger partial charge in [0, 0.05) is 18.2 Å². The number of rotatable bonds is 8. The molecule has 8 nitrogen and oxygen atoms in total. The number of aromatic nitrogens is 5. The summed E-state index contributed by atoms with van der Waals surface area (Å²) in [5, 5.41) is 11.5. The summed E-state index contributed by atoms with van der Waals surface area (Å²) in [5.41, 5.74) is 1.96. The molecule has 0 fully saturated rings. The fraction of sp³-hybridized carbons (Fsp3) is 0.190. The number of nitrogens with zero attached hydrogens (tertiary/aromatic N) is 4. The Kier molecular flexibility index (Phi) is 6.09. The first-order valence-corrected chi connectivity index (χ1v) is 10.3. The number of H-pyrrole nitrogens is 1. The van der Waals surface area contributed by atoms with E-state index in [9.17, 15) is 4.79 Å². The van der Waals surface area contributed by atoms with E-state index >= 15 is 0 Å². The van der Waals surface area contributed by atoms with Crippen molar-refractivity contribution in [2.24, 2.45) is 0 Å². The van der Waals surface area contributed by atoms with Gasteiger partial charge in [-0.15, -0.1) is 21.5 Å². The first kappa shape index (κ1) is 19.7. The number of benzene rings is 1. The van der Waals surface area contributed by atoms with Gasteiger partial charge in [-0.25, -0.2) is 9.97 Å². The highest BCUT2D eigenvalue weighted by molar-refractivity contribution is 7.18. The van der Waals surface area contributed by atoms with E-state index in [0.29, 0.717) is 37.0 Å². The molecule has 1 amide bonds. The minimum atomic E-state index is -0.0833. The summed E-state index contributed by atoms with van der Waals surface area (Å²) in [4.78, 5) is 24.9. The van der Waals surface area contributed by atoms with Gasteiger partial charge in [-0.05, 0) is 31.0 Å². The van der Waals surface area contributed by atoms with Gasteiger partial charge in [0.25, 0.3) is 0 Å². The van der Waals surface area contributed by atoms with Crippen LogP contribution in [0.1, 0.15) is 18.9 Å². The van der Waals surface area contributed by atoms with Crippen molar-refractivity contribution in [3.63, 3.8) is 0 Å². The van der Waals surface area contributed by atoms with Crippen LogP contribution in [0.3, 0.4) is 0 Å². The van der Waals surface area contributed by atoms with Gasteiger partial charge >= 0.3 is 0 Å². The molecule has 0 aliphatic heterocycles. The maximum atomic E-state index is 12.3. The molecule has 0 aliphatic rings. The predicted molar refractivity (Wildman–Crippen MR) is 115 cm³/mol. The molecule has 30 heavy (non-hydrogen) atoms. The number of anilines is 1. The van der Waals surface area contributed by atoms with Gasteiger partial charge in [0.15, 0.2) is 5.82 Å². The van der Waals surface area contributed by atoms with Gasteiger partial charge in [-0.3, -0.25) is 4.79 Å².